The first-order valence-corrected chi connectivity index (χ1v) is 25.4. The molecule has 0 fully saturated rings. The number of aromatic amines is 2. The van der Waals surface area contributed by atoms with Crippen LogP contribution in [0.4, 0.5) is 0 Å². The van der Waals surface area contributed by atoms with Crippen LogP contribution in [0.25, 0.3) is 89.7 Å². The van der Waals surface area contributed by atoms with Crippen LogP contribution in [0, 0.1) is 11.8 Å². The van der Waals surface area contributed by atoms with Gasteiger partial charge in [-0.2, -0.15) is 0 Å². The molecule has 2 atom stereocenters. The van der Waals surface area contributed by atoms with Crippen molar-refractivity contribution < 1.29 is 16.8 Å². The highest BCUT2D eigenvalue weighted by atomic mass is 32.2. The molecule has 8 bridgehead atoms. The molecule has 0 aliphatic carbocycles. The second kappa shape index (κ2) is 20.3. The molecule has 0 saturated carbocycles. The summed E-state index contributed by atoms with van der Waals surface area (Å²) in [5.74, 6) is 3.17. The van der Waals surface area contributed by atoms with Crippen LogP contribution in [0.3, 0.4) is 0 Å². The zero-order chi connectivity index (χ0) is 45.4. The molecule has 0 saturated heterocycles. The maximum atomic E-state index is 10.7. The van der Waals surface area contributed by atoms with Crippen molar-refractivity contribution in [3.63, 3.8) is 0 Å². The minimum atomic E-state index is -3.27. The molecule has 64 heavy (non-hydrogen) atoms. The molecule has 0 spiro atoms. The average molecular weight is 901 g/mol. The SMILES string of the molecule is CCCCC(CC)CS(N)(=O)=O.CCCCC(CC)CS(N)(=O)=O.c1ccc2c(c1)-c1nc-2nc2[nH]c(nc3nc(nc4[nH]c(n1)c1ccccc41)-c1ccccc1-3)c1ccccc21. The van der Waals surface area contributed by atoms with E-state index in [0.717, 1.165) is 95.2 Å². The van der Waals surface area contributed by atoms with Crippen molar-refractivity contribution in [3.8, 4) is 45.6 Å². The van der Waals surface area contributed by atoms with Crippen LogP contribution in [0.5, 0.6) is 0 Å². The molecule has 3 aromatic heterocycles. The van der Waals surface area contributed by atoms with Crippen LogP contribution < -0.4 is 10.3 Å². The van der Waals surface area contributed by atoms with Crippen LogP contribution in [0.1, 0.15) is 79.1 Å². The highest BCUT2D eigenvalue weighted by Gasteiger charge is 2.22. The van der Waals surface area contributed by atoms with Gasteiger partial charge in [-0.05, 0) is 24.7 Å². The molecule has 0 amide bonds. The maximum absolute atomic E-state index is 10.7. The summed E-state index contributed by atoms with van der Waals surface area (Å²) >= 11 is 0. The first-order valence-electron chi connectivity index (χ1n) is 22.0. The number of nitrogens with two attached hydrogens (primary N) is 2. The number of nitrogens with zero attached hydrogens (tertiary/aromatic N) is 6. The van der Waals surface area contributed by atoms with Gasteiger partial charge in [-0.1, -0.05) is 163 Å². The van der Waals surface area contributed by atoms with E-state index in [-0.39, 0.29) is 23.3 Å². The molecule has 0 radical (unpaired) electrons. The predicted octanol–water partition coefficient (Wildman–Crippen LogP) is 9.85. The molecule has 4 aromatic carbocycles. The Kier molecular flexibility index (Phi) is 14.6. The number of primary sulfonamides is 2. The summed E-state index contributed by atoms with van der Waals surface area (Å²) in [6, 6.07) is 32.2. The van der Waals surface area contributed by atoms with E-state index in [0.29, 0.717) is 45.9 Å². The van der Waals surface area contributed by atoms with Crippen LogP contribution in [-0.4, -0.2) is 68.2 Å². The zero-order valence-electron chi connectivity index (χ0n) is 36.8. The summed E-state index contributed by atoms with van der Waals surface area (Å²) in [6.07, 6.45) is 8.16. The number of nitrogens with one attached hydrogen (secondary N) is 2. The number of benzene rings is 4. The normalized spacial score (nSPS) is 13.0. The molecule has 2 aliphatic heterocycles. The summed E-state index contributed by atoms with van der Waals surface area (Å²) in [4.78, 5) is 36.8. The summed E-state index contributed by atoms with van der Waals surface area (Å²) < 4.78 is 43.0. The summed E-state index contributed by atoms with van der Waals surface area (Å²) in [7, 11) is -6.53. The Bertz CT molecular complexity index is 2800. The highest BCUT2D eigenvalue weighted by molar-refractivity contribution is 7.89. The fourth-order valence-corrected chi connectivity index (χ4v) is 10.2. The van der Waals surface area contributed by atoms with Gasteiger partial charge in [0, 0.05) is 43.8 Å². The van der Waals surface area contributed by atoms with Crippen molar-refractivity contribution in [2.45, 2.75) is 79.1 Å². The van der Waals surface area contributed by atoms with Gasteiger partial charge in [0.05, 0.1) is 11.5 Å². The number of unbranched alkanes of at least 4 members (excludes halogenated alkanes) is 2. The van der Waals surface area contributed by atoms with Crippen molar-refractivity contribution in [1.82, 2.24) is 39.9 Å². The summed E-state index contributed by atoms with van der Waals surface area (Å²) in [5, 5.41) is 13.7. The number of H-pyrrole nitrogens is 2. The lowest BCUT2D eigenvalue weighted by Crippen LogP contribution is -2.22. The summed E-state index contributed by atoms with van der Waals surface area (Å²) in [5.41, 5.74) is 6.45. The monoisotopic (exact) mass is 900 g/mol. The van der Waals surface area contributed by atoms with Gasteiger partial charge in [0.15, 0.2) is 23.3 Å². The Morgan fingerprint density at radius 2 is 0.703 bits per heavy atom. The fourth-order valence-electron chi connectivity index (χ4n) is 8.04. The molecular formula is C48H56N10O4S2. The Hall–Kier alpha value is -5.94. The third-order valence-electron chi connectivity index (χ3n) is 11.5. The van der Waals surface area contributed by atoms with Crippen LogP contribution in [0.15, 0.2) is 97.1 Å². The first kappa shape index (κ1) is 46.1. The van der Waals surface area contributed by atoms with Gasteiger partial charge in [-0.15, -0.1) is 0 Å². The van der Waals surface area contributed by atoms with E-state index in [2.05, 4.69) is 23.8 Å². The lowest BCUT2D eigenvalue weighted by atomic mass is 10.0. The fraction of sp³-hybridized carbons (Fsp3) is 0.333. The van der Waals surface area contributed by atoms with Crippen molar-refractivity contribution >= 4 is 64.2 Å². The van der Waals surface area contributed by atoms with Crippen LogP contribution in [0.2, 0.25) is 0 Å². The molecule has 2 aliphatic rings. The van der Waals surface area contributed by atoms with E-state index < -0.39 is 20.0 Å². The lowest BCUT2D eigenvalue weighted by Gasteiger charge is -2.11. The Morgan fingerprint density at radius 1 is 0.438 bits per heavy atom. The molecule has 9 rings (SSSR count). The Labute approximate surface area is 374 Å². The molecule has 7 aromatic rings. The van der Waals surface area contributed by atoms with Crippen molar-refractivity contribution in [3.05, 3.63) is 97.1 Å². The number of fused-ring (bicyclic) bond motifs is 20. The van der Waals surface area contributed by atoms with Crippen molar-refractivity contribution in [2.75, 3.05) is 11.5 Å². The van der Waals surface area contributed by atoms with Gasteiger partial charge in [0.1, 0.15) is 22.6 Å². The number of aromatic nitrogens is 8. The van der Waals surface area contributed by atoms with E-state index in [4.69, 9.17) is 40.2 Å². The molecule has 6 N–H and O–H groups in total. The third kappa shape index (κ3) is 11.0. The standard InChI is InChI=1S/C32H18N8.2C8H19NO2S/c1-2-10-18-17(9-1)25-33-26(18)38-28-21-13-5-6-14-22(21)30(35-28)40-32-24-16-8-7-15-23(24)31(36-32)39-29-20-12-4-3-11-19(20)27(34-29)37-25;2*1-3-5-6-8(4-2)7-12(9,10)11/h1-16H,(H2,33,34,35,36,37,38,39,40);2*8H,3-7H2,1-2H3,(H2,9,10,11). The first-order chi connectivity index (χ1) is 30.8. The molecule has 16 heteroatoms. The van der Waals surface area contributed by atoms with Crippen molar-refractivity contribution in [2.24, 2.45) is 22.1 Å². The van der Waals surface area contributed by atoms with Crippen LogP contribution in [-0.2, 0) is 20.0 Å². The second-order valence-electron chi connectivity index (χ2n) is 16.3. The molecule has 334 valence electrons. The number of hydrogen-bond donors (Lipinski definition) is 4. The van der Waals surface area contributed by atoms with E-state index in [1.807, 2.05) is 111 Å². The number of rotatable bonds is 12. The minimum absolute atomic E-state index is 0.142. The van der Waals surface area contributed by atoms with E-state index in [9.17, 15) is 16.8 Å². The summed E-state index contributed by atoms with van der Waals surface area (Å²) in [6.45, 7) is 8.21. The molecule has 2 unspecified atom stereocenters. The molecule has 14 nitrogen and oxygen atoms in total. The highest BCUT2D eigenvalue weighted by Crippen LogP contribution is 2.36. The van der Waals surface area contributed by atoms with Gasteiger partial charge >= 0.3 is 0 Å². The maximum Gasteiger partial charge on any atom is 0.209 e. The zero-order valence-corrected chi connectivity index (χ0v) is 38.4. The van der Waals surface area contributed by atoms with Gasteiger partial charge in [-0.25, -0.2) is 57.0 Å². The largest absolute Gasteiger partial charge is 0.324 e. The lowest BCUT2D eigenvalue weighted by molar-refractivity contribution is 0.483. The topological polar surface area (TPSA) is 229 Å². The van der Waals surface area contributed by atoms with E-state index in [1.54, 1.807) is 0 Å². The van der Waals surface area contributed by atoms with Crippen molar-refractivity contribution in [1.29, 1.82) is 0 Å². The Morgan fingerprint density at radius 3 is 0.938 bits per heavy atom. The van der Waals surface area contributed by atoms with Gasteiger partial charge in [-0.3, -0.25) is 0 Å². The van der Waals surface area contributed by atoms with Gasteiger partial charge < -0.3 is 9.97 Å². The quantitative estimate of drug-likeness (QED) is 0.0907. The molecule has 5 heterocycles. The van der Waals surface area contributed by atoms with Gasteiger partial charge in [0.2, 0.25) is 20.0 Å². The predicted molar refractivity (Wildman–Crippen MR) is 259 cm³/mol. The van der Waals surface area contributed by atoms with E-state index in [1.165, 1.54) is 0 Å². The smallest absolute Gasteiger partial charge is 0.209 e. The minimum Gasteiger partial charge on any atom is -0.324 e. The third-order valence-corrected chi connectivity index (χ3v) is 13.4. The molecular weight excluding hydrogens is 845 g/mol. The Balaban J connectivity index is 0.000000212. The second-order valence-corrected chi connectivity index (χ2v) is 19.6. The number of sulfonamides is 2. The van der Waals surface area contributed by atoms with Gasteiger partial charge in [0.25, 0.3) is 0 Å². The number of hydrogen-bond acceptors (Lipinski definition) is 10. The average Bonchev–Trinajstić information content (AvgIpc) is 4.02. The van der Waals surface area contributed by atoms with E-state index >= 15 is 0 Å². The van der Waals surface area contributed by atoms with Crippen LogP contribution >= 0.6 is 0 Å².